The number of anilines is 1. The Hall–Kier alpha value is -2.47. The van der Waals surface area contributed by atoms with Crippen molar-refractivity contribution < 1.29 is 9.53 Å². The van der Waals surface area contributed by atoms with Crippen LogP contribution in [-0.2, 0) is 17.8 Å². The summed E-state index contributed by atoms with van der Waals surface area (Å²) in [5.41, 5.74) is 1.26. The molecular formula is C17H22N4O2. The van der Waals surface area contributed by atoms with Gasteiger partial charge in [0.05, 0.1) is 11.4 Å². The van der Waals surface area contributed by atoms with Crippen molar-refractivity contribution in [3.63, 3.8) is 0 Å². The smallest absolute Gasteiger partial charge is 0.413 e. The van der Waals surface area contributed by atoms with Crippen LogP contribution < -0.4 is 10.6 Å². The summed E-state index contributed by atoms with van der Waals surface area (Å²) in [5, 5.41) is 5.90. The zero-order valence-corrected chi connectivity index (χ0v) is 13.7. The molecule has 6 nitrogen and oxygen atoms in total. The molecule has 23 heavy (non-hydrogen) atoms. The van der Waals surface area contributed by atoms with Gasteiger partial charge < -0.3 is 10.1 Å². The second kappa shape index (κ2) is 7.69. The monoisotopic (exact) mass is 314 g/mol. The largest absolute Gasteiger partial charge is 0.444 e. The van der Waals surface area contributed by atoms with E-state index in [9.17, 15) is 4.79 Å². The average Bonchev–Trinajstić information content (AvgIpc) is 2.46. The van der Waals surface area contributed by atoms with E-state index in [0.717, 1.165) is 11.4 Å². The quantitative estimate of drug-likeness (QED) is 0.887. The van der Waals surface area contributed by atoms with Gasteiger partial charge in [0, 0.05) is 19.3 Å². The Kier molecular flexibility index (Phi) is 5.65. The van der Waals surface area contributed by atoms with Gasteiger partial charge in [-0.3, -0.25) is 10.3 Å². The molecule has 0 fully saturated rings. The van der Waals surface area contributed by atoms with E-state index in [4.69, 9.17) is 4.74 Å². The molecule has 0 aliphatic rings. The maximum atomic E-state index is 11.7. The second-order valence-corrected chi connectivity index (χ2v) is 6.07. The number of hydrogen-bond donors (Lipinski definition) is 2. The summed E-state index contributed by atoms with van der Waals surface area (Å²) in [6.07, 6.45) is 1.25. The first-order chi connectivity index (χ1) is 10.9. The Labute approximate surface area is 136 Å². The van der Waals surface area contributed by atoms with Gasteiger partial charge in [0.15, 0.2) is 0 Å². The highest BCUT2D eigenvalue weighted by Crippen LogP contribution is 2.10. The lowest BCUT2D eigenvalue weighted by Crippen LogP contribution is -2.27. The maximum Gasteiger partial charge on any atom is 0.413 e. The highest BCUT2D eigenvalue weighted by Gasteiger charge is 2.16. The third-order valence-electron chi connectivity index (χ3n) is 2.77. The number of aromatic nitrogens is 2. The van der Waals surface area contributed by atoms with Gasteiger partial charge in [0.2, 0.25) is 0 Å². The molecule has 0 unspecified atom stereocenters. The molecule has 2 aromatic rings. The lowest BCUT2D eigenvalue weighted by Gasteiger charge is -2.19. The molecule has 2 aromatic heterocycles. The van der Waals surface area contributed by atoms with Gasteiger partial charge in [0.1, 0.15) is 11.4 Å². The molecule has 2 N–H and O–H groups in total. The summed E-state index contributed by atoms with van der Waals surface area (Å²) in [6.45, 7) is 6.69. The molecule has 0 bridgehead atoms. The number of amides is 1. The SMILES string of the molecule is CC(C)(C)OC(=O)Nc1cccc(CNCc2ccccn2)n1. The predicted molar refractivity (Wildman–Crippen MR) is 88.9 cm³/mol. The normalized spacial score (nSPS) is 11.1. The first kappa shape index (κ1) is 16.9. The van der Waals surface area contributed by atoms with Gasteiger partial charge in [-0.1, -0.05) is 12.1 Å². The lowest BCUT2D eigenvalue weighted by atomic mass is 10.2. The first-order valence-electron chi connectivity index (χ1n) is 7.49. The van der Waals surface area contributed by atoms with E-state index in [2.05, 4.69) is 20.6 Å². The number of carbonyl (C=O) groups is 1. The molecule has 1 amide bonds. The number of hydrogen-bond acceptors (Lipinski definition) is 5. The summed E-state index contributed by atoms with van der Waals surface area (Å²) >= 11 is 0. The van der Waals surface area contributed by atoms with Crippen molar-refractivity contribution in [3.8, 4) is 0 Å². The van der Waals surface area contributed by atoms with E-state index >= 15 is 0 Å². The van der Waals surface area contributed by atoms with Crippen molar-refractivity contribution in [2.45, 2.75) is 39.5 Å². The van der Waals surface area contributed by atoms with Crippen molar-refractivity contribution in [1.82, 2.24) is 15.3 Å². The number of ether oxygens (including phenoxy) is 1. The van der Waals surface area contributed by atoms with E-state index < -0.39 is 11.7 Å². The molecule has 0 radical (unpaired) electrons. The summed E-state index contributed by atoms with van der Waals surface area (Å²) in [7, 11) is 0. The highest BCUT2D eigenvalue weighted by molar-refractivity contribution is 5.83. The van der Waals surface area contributed by atoms with E-state index in [1.54, 1.807) is 12.3 Å². The highest BCUT2D eigenvalue weighted by atomic mass is 16.6. The molecule has 0 saturated carbocycles. The molecule has 122 valence electrons. The predicted octanol–water partition coefficient (Wildman–Crippen LogP) is 3.11. The number of pyridine rings is 2. The van der Waals surface area contributed by atoms with Crippen LogP contribution in [0.25, 0.3) is 0 Å². The van der Waals surface area contributed by atoms with Crippen molar-refractivity contribution in [3.05, 3.63) is 54.0 Å². The Morgan fingerprint density at radius 1 is 1.09 bits per heavy atom. The Bertz CT molecular complexity index is 639. The van der Waals surface area contributed by atoms with Crippen LogP contribution >= 0.6 is 0 Å². The minimum atomic E-state index is -0.536. The third kappa shape index (κ3) is 6.44. The van der Waals surface area contributed by atoms with E-state index in [0.29, 0.717) is 18.9 Å². The summed E-state index contributed by atoms with van der Waals surface area (Å²) in [5.74, 6) is 0.469. The Morgan fingerprint density at radius 2 is 1.83 bits per heavy atom. The minimum Gasteiger partial charge on any atom is -0.444 e. The summed E-state index contributed by atoms with van der Waals surface area (Å²) in [4.78, 5) is 20.4. The Morgan fingerprint density at radius 3 is 2.52 bits per heavy atom. The number of rotatable bonds is 5. The molecule has 0 aromatic carbocycles. The van der Waals surface area contributed by atoms with Crippen LogP contribution in [0.2, 0.25) is 0 Å². The topological polar surface area (TPSA) is 76.1 Å². The van der Waals surface area contributed by atoms with Gasteiger partial charge in [-0.15, -0.1) is 0 Å². The van der Waals surface area contributed by atoms with Gasteiger partial charge in [-0.25, -0.2) is 9.78 Å². The lowest BCUT2D eigenvalue weighted by molar-refractivity contribution is 0.0635. The molecule has 0 atom stereocenters. The molecule has 0 spiro atoms. The van der Waals surface area contributed by atoms with Gasteiger partial charge >= 0.3 is 6.09 Å². The summed E-state index contributed by atoms with van der Waals surface area (Å²) < 4.78 is 5.21. The van der Waals surface area contributed by atoms with Crippen molar-refractivity contribution >= 4 is 11.9 Å². The summed E-state index contributed by atoms with van der Waals surface area (Å²) in [6, 6.07) is 11.3. The van der Waals surface area contributed by atoms with E-state index in [1.165, 1.54) is 0 Å². The average molecular weight is 314 g/mol. The van der Waals surface area contributed by atoms with Crippen LogP contribution in [0.4, 0.5) is 10.6 Å². The standard InChI is InChI=1S/C17H22N4O2/c1-17(2,3)23-16(22)21-15-9-6-8-14(20-15)12-18-11-13-7-4-5-10-19-13/h4-10,18H,11-12H2,1-3H3,(H,20,21,22). The van der Waals surface area contributed by atoms with Gasteiger partial charge in [0.25, 0.3) is 0 Å². The molecule has 0 aliphatic carbocycles. The molecule has 6 heteroatoms. The van der Waals surface area contributed by atoms with E-state index in [1.807, 2.05) is 51.1 Å². The van der Waals surface area contributed by atoms with Crippen LogP contribution in [0.5, 0.6) is 0 Å². The van der Waals surface area contributed by atoms with Gasteiger partial charge in [-0.2, -0.15) is 0 Å². The van der Waals surface area contributed by atoms with Crippen molar-refractivity contribution in [1.29, 1.82) is 0 Å². The van der Waals surface area contributed by atoms with Crippen LogP contribution in [0, 0.1) is 0 Å². The number of nitrogens with one attached hydrogen (secondary N) is 2. The number of nitrogens with zero attached hydrogens (tertiary/aromatic N) is 2. The van der Waals surface area contributed by atoms with E-state index in [-0.39, 0.29) is 0 Å². The van der Waals surface area contributed by atoms with Crippen molar-refractivity contribution in [2.75, 3.05) is 5.32 Å². The molecule has 0 saturated heterocycles. The molecular weight excluding hydrogens is 292 g/mol. The fourth-order valence-corrected chi connectivity index (χ4v) is 1.88. The third-order valence-corrected chi connectivity index (χ3v) is 2.77. The fourth-order valence-electron chi connectivity index (χ4n) is 1.88. The zero-order chi connectivity index (χ0) is 16.7. The van der Waals surface area contributed by atoms with Crippen LogP contribution in [0.1, 0.15) is 32.2 Å². The van der Waals surface area contributed by atoms with Crippen LogP contribution in [-0.4, -0.2) is 21.7 Å². The molecule has 2 heterocycles. The second-order valence-electron chi connectivity index (χ2n) is 6.07. The Balaban J connectivity index is 1.86. The van der Waals surface area contributed by atoms with Crippen LogP contribution in [0.15, 0.2) is 42.6 Å². The van der Waals surface area contributed by atoms with Crippen molar-refractivity contribution in [2.24, 2.45) is 0 Å². The van der Waals surface area contributed by atoms with Crippen LogP contribution in [0.3, 0.4) is 0 Å². The molecule has 0 aliphatic heterocycles. The fraction of sp³-hybridized carbons (Fsp3) is 0.353. The number of carbonyl (C=O) groups excluding carboxylic acids is 1. The zero-order valence-electron chi connectivity index (χ0n) is 13.7. The maximum absolute atomic E-state index is 11.7. The van der Waals surface area contributed by atoms with Gasteiger partial charge in [-0.05, 0) is 45.0 Å². The minimum absolute atomic E-state index is 0.469. The first-order valence-corrected chi connectivity index (χ1v) is 7.49. The molecule has 2 rings (SSSR count).